The molecule has 0 spiro atoms. The highest BCUT2D eigenvalue weighted by Crippen LogP contribution is 2.26. The molecular weight excluding hydrogens is 498 g/mol. The minimum Gasteiger partial charge on any atom is -0.444 e. The van der Waals surface area contributed by atoms with Crippen LogP contribution < -0.4 is 0 Å². The average molecular weight is 530 g/mol. The zero-order valence-electron chi connectivity index (χ0n) is 18.9. The van der Waals surface area contributed by atoms with E-state index in [-0.39, 0.29) is 29.4 Å². The van der Waals surface area contributed by atoms with E-state index in [0.717, 1.165) is 0 Å². The molecule has 0 bridgehead atoms. The molecule has 2 aliphatic heterocycles. The SMILES string of the molecule is CC(C)(C)OC(=O)N1CCC(C(=O)N2CCCN(S(=O)(=O)c3ccccc3Br)CC2)CC1. The van der Waals surface area contributed by atoms with Gasteiger partial charge in [-0.15, -0.1) is 0 Å². The molecule has 1 aromatic rings. The molecule has 2 amide bonds. The molecule has 0 atom stereocenters. The number of carbonyl (C=O) groups excluding carboxylic acids is 2. The smallest absolute Gasteiger partial charge is 0.410 e. The summed E-state index contributed by atoms with van der Waals surface area (Å²) in [6, 6.07) is 6.78. The molecule has 2 saturated heterocycles. The van der Waals surface area contributed by atoms with E-state index in [9.17, 15) is 18.0 Å². The first-order valence-electron chi connectivity index (χ1n) is 11.0. The Hall–Kier alpha value is -1.65. The molecule has 0 aliphatic carbocycles. The first-order valence-corrected chi connectivity index (χ1v) is 13.2. The van der Waals surface area contributed by atoms with Gasteiger partial charge in [0.25, 0.3) is 0 Å². The van der Waals surface area contributed by atoms with Gasteiger partial charge in [-0.25, -0.2) is 13.2 Å². The molecule has 0 N–H and O–H groups in total. The lowest BCUT2D eigenvalue weighted by Gasteiger charge is -2.34. The number of hydrogen-bond donors (Lipinski definition) is 0. The molecule has 1 aromatic carbocycles. The summed E-state index contributed by atoms with van der Waals surface area (Å²) in [4.78, 5) is 29.0. The highest BCUT2D eigenvalue weighted by atomic mass is 79.9. The van der Waals surface area contributed by atoms with Gasteiger partial charge in [-0.2, -0.15) is 4.31 Å². The fourth-order valence-electron chi connectivity index (χ4n) is 4.04. The summed E-state index contributed by atoms with van der Waals surface area (Å²) in [7, 11) is -3.63. The van der Waals surface area contributed by atoms with Crippen molar-refractivity contribution >= 4 is 38.0 Å². The quantitative estimate of drug-likeness (QED) is 0.599. The molecule has 32 heavy (non-hydrogen) atoms. The van der Waals surface area contributed by atoms with Crippen LogP contribution in [-0.2, 0) is 19.6 Å². The zero-order valence-corrected chi connectivity index (χ0v) is 21.3. The van der Waals surface area contributed by atoms with Crippen LogP contribution in [0.1, 0.15) is 40.0 Å². The molecule has 178 valence electrons. The van der Waals surface area contributed by atoms with Crippen molar-refractivity contribution in [2.45, 2.75) is 50.5 Å². The Bertz CT molecular complexity index is 939. The lowest BCUT2D eigenvalue weighted by atomic mass is 9.95. The number of carbonyl (C=O) groups is 2. The third-order valence-corrected chi connectivity index (χ3v) is 8.63. The number of likely N-dealkylation sites (tertiary alicyclic amines) is 1. The number of amides is 2. The molecule has 3 rings (SSSR count). The predicted octanol–water partition coefficient (Wildman–Crippen LogP) is 3.32. The van der Waals surface area contributed by atoms with Crippen LogP contribution >= 0.6 is 15.9 Å². The first-order chi connectivity index (χ1) is 15.0. The second-order valence-corrected chi connectivity index (χ2v) is 12.0. The summed E-state index contributed by atoms with van der Waals surface area (Å²) in [5.41, 5.74) is -0.544. The molecule has 2 heterocycles. The van der Waals surface area contributed by atoms with Crippen LogP contribution in [0.5, 0.6) is 0 Å². The molecule has 2 aliphatic rings. The third-order valence-electron chi connectivity index (χ3n) is 5.72. The maximum atomic E-state index is 13.1. The van der Waals surface area contributed by atoms with E-state index < -0.39 is 15.6 Å². The lowest BCUT2D eigenvalue weighted by molar-refractivity contribution is -0.136. The minimum absolute atomic E-state index is 0.0500. The zero-order chi connectivity index (χ0) is 23.5. The van der Waals surface area contributed by atoms with E-state index in [2.05, 4.69) is 15.9 Å². The molecule has 0 radical (unpaired) electrons. The normalized spacial score (nSPS) is 19.5. The van der Waals surface area contributed by atoms with Crippen LogP contribution in [0.2, 0.25) is 0 Å². The van der Waals surface area contributed by atoms with Crippen molar-refractivity contribution in [2.75, 3.05) is 39.3 Å². The maximum absolute atomic E-state index is 13.1. The van der Waals surface area contributed by atoms with Gasteiger partial charge >= 0.3 is 6.09 Å². The molecule has 10 heteroatoms. The Morgan fingerprint density at radius 2 is 1.62 bits per heavy atom. The minimum atomic E-state index is -3.63. The van der Waals surface area contributed by atoms with Crippen LogP contribution in [0.15, 0.2) is 33.6 Å². The van der Waals surface area contributed by atoms with Gasteiger partial charge in [0.15, 0.2) is 0 Å². The maximum Gasteiger partial charge on any atom is 0.410 e. The Kier molecular flexibility index (Phi) is 7.88. The summed E-state index contributed by atoms with van der Waals surface area (Å²) in [6.07, 6.45) is 1.43. The van der Waals surface area contributed by atoms with Crippen molar-refractivity contribution in [3.63, 3.8) is 0 Å². The van der Waals surface area contributed by atoms with Crippen LogP contribution in [0.3, 0.4) is 0 Å². The number of nitrogens with zero attached hydrogens (tertiary/aromatic N) is 3. The highest BCUT2D eigenvalue weighted by molar-refractivity contribution is 9.10. The van der Waals surface area contributed by atoms with Gasteiger partial charge in [0.05, 0.1) is 4.90 Å². The van der Waals surface area contributed by atoms with E-state index in [1.807, 2.05) is 20.8 Å². The van der Waals surface area contributed by atoms with Crippen molar-refractivity contribution in [1.82, 2.24) is 14.1 Å². The van der Waals surface area contributed by atoms with E-state index in [4.69, 9.17) is 4.74 Å². The Morgan fingerprint density at radius 1 is 0.969 bits per heavy atom. The van der Waals surface area contributed by atoms with Crippen LogP contribution in [0.25, 0.3) is 0 Å². The second-order valence-electron chi connectivity index (χ2n) is 9.26. The number of ether oxygens (including phenoxy) is 1. The fourth-order valence-corrected chi connectivity index (χ4v) is 6.47. The Labute approximate surface area is 199 Å². The Balaban J connectivity index is 1.56. The number of benzene rings is 1. The van der Waals surface area contributed by atoms with Crippen molar-refractivity contribution in [3.8, 4) is 0 Å². The first kappa shape index (κ1) is 25.0. The topological polar surface area (TPSA) is 87.2 Å². The largest absolute Gasteiger partial charge is 0.444 e. The molecule has 0 aromatic heterocycles. The summed E-state index contributed by atoms with van der Waals surface area (Å²) in [5.74, 6) is -0.103. The lowest BCUT2D eigenvalue weighted by Crippen LogP contribution is -2.46. The van der Waals surface area contributed by atoms with Crippen molar-refractivity contribution < 1.29 is 22.7 Å². The van der Waals surface area contributed by atoms with Crippen LogP contribution in [0, 0.1) is 5.92 Å². The number of piperidine rings is 1. The molecular formula is C22H32BrN3O5S. The fraction of sp³-hybridized carbons (Fsp3) is 0.636. The Morgan fingerprint density at radius 3 is 2.25 bits per heavy atom. The van der Waals surface area contributed by atoms with Gasteiger partial charge in [-0.3, -0.25) is 4.79 Å². The van der Waals surface area contributed by atoms with Crippen LogP contribution in [0.4, 0.5) is 4.79 Å². The summed E-state index contributed by atoms with van der Waals surface area (Å²) < 4.78 is 33.6. The van der Waals surface area contributed by atoms with Gasteiger partial charge in [0, 0.05) is 49.7 Å². The van der Waals surface area contributed by atoms with Gasteiger partial charge < -0.3 is 14.5 Å². The third kappa shape index (κ3) is 6.02. The van der Waals surface area contributed by atoms with Crippen molar-refractivity contribution in [1.29, 1.82) is 0 Å². The number of sulfonamides is 1. The van der Waals surface area contributed by atoms with Gasteiger partial charge in [0.2, 0.25) is 15.9 Å². The second kappa shape index (κ2) is 10.1. The standard InChI is InChI=1S/C22H32BrN3O5S/c1-22(2,3)31-21(28)25-13-9-17(10-14-25)20(27)24-11-6-12-26(16-15-24)32(29,30)19-8-5-4-7-18(19)23/h4-5,7-8,17H,6,9-16H2,1-3H3. The van der Waals surface area contributed by atoms with E-state index in [1.54, 1.807) is 34.1 Å². The van der Waals surface area contributed by atoms with Crippen molar-refractivity contribution in [3.05, 3.63) is 28.7 Å². The molecule has 8 nitrogen and oxygen atoms in total. The molecule has 0 saturated carbocycles. The van der Waals surface area contributed by atoms with Crippen molar-refractivity contribution in [2.24, 2.45) is 5.92 Å². The van der Waals surface area contributed by atoms with Gasteiger partial charge in [-0.1, -0.05) is 12.1 Å². The van der Waals surface area contributed by atoms with Gasteiger partial charge in [0.1, 0.15) is 5.60 Å². The number of halogens is 1. The summed E-state index contributed by atoms with van der Waals surface area (Å²) in [5, 5.41) is 0. The predicted molar refractivity (Wildman–Crippen MR) is 125 cm³/mol. The average Bonchev–Trinajstić information content (AvgIpc) is 2.99. The number of rotatable bonds is 3. The van der Waals surface area contributed by atoms with E-state index in [0.29, 0.717) is 56.5 Å². The summed E-state index contributed by atoms with van der Waals surface area (Å²) >= 11 is 3.33. The summed E-state index contributed by atoms with van der Waals surface area (Å²) in [6.45, 7) is 8.03. The monoisotopic (exact) mass is 529 g/mol. The van der Waals surface area contributed by atoms with Gasteiger partial charge in [-0.05, 0) is 68.1 Å². The van der Waals surface area contributed by atoms with E-state index in [1.165, 1.54) is 4.31 Å². The highest BCUT2D eigenvalue weighted by Gasteiger charge is 2.34. The molecule has 2 fully saturated rings. The molecule has 0 unspecified atom stereocenters. The number of hydrogen-bond acceptors (Lipinski definition) is 5. The van der Waals surface area contributed by atoms with E-state index >= 15 is 0 Å². The van der Waals surface area contributed by atoms with Crippen LogP contribution in [-0.4, -0.2) is 79.4 Å².